The molecule has 1 aromatic heterocycles. The molecule has 0 saturated heterocycles. The number of carbonyl (C=O) groups is 1. The lowest BCUT2D eigenvalue weighted by Crippen LogP contribution is -2.15. The summed E-state index contributed by atoms with van der Waals surface area (Å²) in [7, 11) is 1.52. The third-order valence-corrected chi connectivity index (χ3v) is 5.05. The molecule has 0 saturated carbocycles. The largest absolute Gasteiger partial charge is 0.495 e. The number of anilines is 1. The number of rotatable bonds is 6. The molecule has 3 aromatic rings. The Morgan fingerprint density at radius 2 is 2.04 bits per heavy atom. The lowest BCUT2D eigenvalue weighted by molar-refractivity contribution is -0.115. The quantitative estimate of drug-likeness (QED) is 0.689. The van der Waals surface area contributed by atoms with Crippen molar-refractivity contribution in [3.8, 4) is 22.4 Å². The van der Waals surface area contributed by atoms with Crippen molar-refractivity contribution in [1.82, 2.24) is 4.98 Å². The molecule has 2 aromatic carbocycles. The van der Waals surface area contributed by atoms with Crippen molar-refractivity contribution in [3.05, 3.63) is 64.7 Å². The minimum absolute atomic E-state index is 0.156. The number of aryl methyl sites for hydroxylation is 1. The Morgan fingerprint density at radius 3 is 2.70 bits per heavy atom. The second kappa shape index (κ2) is 8.47. The number of aromatic nitrogens is 1. The molecule has 5 nitrogen and oxygen atoms in total. The van der Waals surface area contributed by atoms with Crippen LogP contribution >= 0.6 is 11.3 Å². The van der Waals surface area contributed by atoms with Gasteiger partial charge in [-0.15, -0.1) is 11.3 Å². The molecule has 0 bridgehead atoms. The Morgan fingerprint density at radius 1 is 1.26 bits per heavy atom. The Hall–Kier alpha value is -3.17. The molecule has 1 N–H and O–H groups in total. The van der Waals surface area contributed by atoms with Crippen molar-refractivity contribution in [3.63, 3.8) is 0 Å². The van der Waals surface area contributed by atoms with Gasteiger partial charge in [0.1, 0.15) is 10.8 Å². The zero-order chi connectivity index (χ0) is 19.2. The number of methoxy groups -OCH3 is 1. The van der Waals surface area contributed by atoms with Crippen LogP contribution in [0.15, 0.2) is 47.8 Å². The van der Waals surface area contributed by atoms with Gasteiger partial charge in [0, 0.05) is 10.9 Å². The van der Waals surface area contributed by atoms with E-state index in [0.717, 1.165) is 17.0 Å². The summed E-state index contributed by atoms with van der Waals surface area (Å²) < 4.78 is 5.24. The lowest BCUT2D eigenvalue weighted by Gasteiger charge is -2.09. The summed E-state index contributed by atoms with van der Waals surface area (Å²) in [4.78, 5) is 17.0. The first-order valence-electron chi connectivity index (χ1n) is 8.54. The van der Waals surface area contributed by atoms with Crippen molar-refractivity contribution in [2.24, 2.45) is 0 Å². The number of thiazole rings is 1. The highest BCUT2D eigenvalue weighted by molar-refractivity contribution is 7.13. The van der Waals surface area contributed by atoms with E-state index in [2.05, 4.69) is 47.6 Å². The molecular weight excluding hydrogens is 358 g/mol. The summed E-state index contributed by atoms with van der Waals surface area (Å²) in [5, 5.41) is 14.6. The SMILES string of the molecule is CCc1ccc(-c2nc(CC(=O)Nc3cc(C#N)ccc3OC)cs2)cc1. The molecule has 0 aliphatic heterocycles. The molecule has 0 aliphatic carbocycles. The van der Waals surface area contributed by atoms with Crippen molar-refractivity contribution >= 4 is 22.9 Å². The maximum absolute atomic E-state index is 12.4. The summed E-state index contributed by atoms with van der Waals surface area (Å²) in [6.07, 6.45) is 1.16. The van der Waals surface area contributed by atoms with Gasteiger partial charge in [0.2, 0.25) is 5.91 Å². The van der Waals surface area contributed by atoms with E-state index in [9.17, 15) is 4.79 Å². The van der Waals surface area contributed by atoms with Gasteiger partial charge < -0.3 is 10.1 Å². The molecule has 3 rings (SSSR count). The van der Waals surface area contributed by atoms with E-state index in [1.54, 1.807) is 18.2 Å². The molecule has 0 unspecified atom stereocenters. The summed E-state index contributed by atoms with van der Waals surface area (Å²) in [5.41, 5.74) is 3.97. The number of hydrogen-bond acceptors (Lipinski definition) is 5. The van der Waals surface area contributed by atoms with Gasteiger partial charge in [-0.3, -0.25) is 4.79 Å². The van der Waals surface area contributed by atoms with Crippen LogP contribution in [0.1, 0.15) is 23.7 Å². The molecule has 27 heavy (non-hydrogen) atoms. The standard InChI is InChI=1S/C21H19N3O2S/c1-3-14-4-7-16(8-5-14)21-23-17(13-27-21)11-20(25)24-18-10-15(12-22)6-9-19(18)26-2/h4-10,13H,3,11H2,1-2H3,(H,24,25). The average Bonchev–Trinajstić information content (AvgIpc) is 3.16. The molecule has 0 atom stereocenters. The molecule has 136 valence electrons. The molecule has 0 spiro atoms. The zero-order valence-corrected chi connectivity index (χ0v) is 16.0. The highest BCUT2D eigenvalue weighted by atomic mass is 32.1. The third kappa shape index (κ3) is 4.52. The Balaban J connectivity index is 1.70. The highest BCUT2D eigenvalue weighted by Crippen LogP contribution is 2.27. The topological polar surface area (TPSA) is 75.0 Å². The monoisotopic (exact) mass is 377 g/mol. The molecule has 1 amide bonds. The fraction of sp³-hybridized carbons (Fsp3) is 0.190. The Labute approximate surface area is 162 Å². The van der Waals surface area contributed by atoms with Gasteiger partial charge in [-0.25, -0.2) is 4.98 Å². The van der Waals surface area contributed by atoms with Crippen LogP contribution in [0.5, 0.6) is 5.75 Å². The van der Waals surface area contributed by atoms with E-state index in [1.165, 1.54) is 24.0 Å². The average molecular weight is 377 g/mol. The van der Waals surface area contributed by atoms with Crippen molar-refractivity contribution < 1.29 is 9.53 Å². The lowest BCUT2D eigenvalue weighted by atomic mass is 10.1. The summed E-state index contributed by atoms with van der Waals surface area (Å²) in [6.45, 7) is 2.12. The number of hydrogen-bond donors (Lipinski definition) is 1. The van der Waals surface area contributed by atoms with Gasteiger partial charge in [0.15, 0.2) is 0 Å². The molecule has 0 fully saturated rings. The second-order valence-corrected chi connectivity index (χ2v) is 6.80. The van der Waals surface area contributed by atoms with E-state index in [1.807, 2.05) is 5.38 Å². The predicted octanol–water partition coefficient (Wildman–Crippen LogP) is 4.43. The second-order valence-electron chi connectivity index (χ2n) is 5.95. The molecule has 0 aliphatic rings. The van der Waals surface area contributed by atoms with Crippen LogP contribution in [0, 0.1) is 11.3 Å². The van der Waals surface area contributed by atoms with Crippen LogP contribution < -0.4 is 10.1 Å². The first-order chi connectivity index (χ1) is 13.1. The molecule has 6 heteroatoms. The summed E-state index contributed by atoms with van der Waals surface area (Å²) in [6, 6.07) is 15.3. The maximum atomic E-state index is 12.4. The predicted molar refractivity (Wildman–Crippen MR) is 107 cm³/mol. The third-order valence-electron chi connectivity index (χ3n) is 4.11. The van der Waals surface area contributed by atoms with E-state index in [0.29, 0.717) is 22.7 Å². The van der Waals surface area contributed by atoms with Gasteiger partial charge in [-0.1, -0.05) is 31.2 Å². The van der Waals surface area contributed by atoms with Gasteiger partial charge in [-0.2, -0.15) is 5.26 Å². The van der Waals surface area contributed by atoms with Crippen LogP contribution in [0.2, 0.25) is 0 Å². The van der Waals surface area contributed by atoms with Gasteiger partial charge >= 0.3 is 0 Å². The number of nitrogens with zero attached hydrogens (tertiary/aromatic N) is 2. The number of benzene rings is 2. The molecule has 0 radical (unpaired) electrons. The van der Waals surface area contributed by atoms with Crippen molar-refractivity contribution in [2.45, 2.75) is 19.8 Å². The fourth-order valence-electron chi connectivity index (χ4n) is 2.64. The van der Waals surface area contributed by atoms with E-state index >= 15 is 0 Å². The molecule has 1 heterocycles. The van der Waals surface area contributed by atoms with Crippen LogP contribution in [0.4, 0.5) is 5.69 Å². The number of ether oxygens (including phenoxy) is 1. The molecular formula is C21H19N3O2S. The van der Waals surface area contributed by atoms with Crippen molar-refractivity contribution in [1.29, 1.82) is 5.26 Å². The first-order valence-corrected chi connectivity index (χ1v) is 9.42. The van der Waals surface area contributed by atoms with Crippen LogP contribution in [-0.2, 0) is 17.6 Å². The number of nitriles is 1. The Kier molecular flexibility index (Phi) is 5.84. The first kappa shape index (κ1) is 18.6. The summed E-state index contributed by atoms with van der Waals surface area (Å²) >= 11 is 1.52. The summed E-state index contributed by atoms with van der Waals surface area (Å²) in [5.74, 6) is 0.305. The van der Waals surface area contributed by atoms with Crippen LogP contribution in [0.3, 0.4) is 0 Å². The minimum atomic E-state index is -0.207. The van der Waals surface area contributed by atoms with Gasteiger partial charge in [0.25, 0.3) is 0 Å². The number of nitrogens with one attached hydrogen (secondary N) is 1. The number of carbonyl (C=O) groups excluding carboxylic acids is 1. The zero-order valence-electron chi connectivity index (χ0n) is 15.2. The maximum Gasteiger partial charge on any atom is 0.230 e. The van der Waals surface area contributed by atoms with Crippen LogP contribution in [-0.4, -0.2) is 18.0 Å². The van der Waals surface area contributed by atoms with E-state index in [-0.39, 0.29) is 12.3 Å². The fourth-order valence-corrected chi connectivity index (χ4v) is 3.46. The van der Waals surface area contributed by atoms with Gasteiger partial charge in [-0.05, 0) is 30.2 Å². The van der Waals surface area contributed by atoms with E-state index < -0.39 is 0 Å². The van der Waals surface area contributed by atoms with Crippen molar-refractivity contribution in [2.75, 3.05) is 12.4 Å². The van der Waals surface area contributed by atoms with E-state index in [4.69, 9.17) is 10.00 Å². The van der Waals surface area contributed by atoms with Gasteiger partial charge in [0.05, 0.1) is 36.5 Å². The smallest absolute Gasteiger partial charge is 0.230 e. The Bertz CT molecular complexity index is 987. The number of amides is 1. The minimum Gasteiger partial charge on any atom is -0.495 e. The normalized spacial score (nSPS) is 10.3. The highest BCUT2D eigenvalue weighted by Gasteiger charge is 2.12. The van der Waals surface area contributed by atoms with Crippen LogP contribution in [0.25, 0.3) is 10.6 Å².